The van der Waals surface area contributed by atoms with E-state index in [2.05, 4.69) is 39.5 Å². The molecule has 128 valence electrons. The largest absolute Gasteiger partial charge is 0.379 e. The second kappa shape index (κ2) is 7.17. The lowest BCUT2D eigenvalue weighted by atomic mass is 10.2. The molecule has 0 spiro atoms. The van der Waals surface area contributed by atoms with Gasteiger partial charge in [0.05, 0.1) is 29.9 Å². The lowest BCUT2D eigenvalue weighted by Gasteiger charge is -2.26. The van der Waals surface area contributed by atoms with Crippen LogP contribution in [0.3, 0.4) is 0 Å². The van der Waals surface area contributed by atoms with Crippen molar-refractivity contribution in [2.24, 2.45) is 0 Å². The Morgan fingerprint density at radius 2 is 1.64 bits per heavy atom. The summed E-state index contributed by atoms with van der Waals surface area (Å²) in [6.45, 7) is 6.63. The third kappa shape index (κ3) is 3.78. The number of benzene rings is 2. The normalized spacial score (nSPS) is 15.4. The van der Waals surface area contributed by atoms with Crippen molar-refractivity contribution in [1.82, 2.24) is 14.9 Å². The van der Waals surface area contributed by atoms with E-state index in [0.29, 0.717) is 0 Å². The smallest absolute Gasteiger partial charge is 0.152 e. The SMILES string of the molecule is Cc1nc2ccccc2nc1Nc1ccc(CN2CCOCC2)cc1. The fourth-order valence-corrected chi connectivity index (χ4v) is 3.05. The number of hydrogen-bond donors (Lipinski definition) is 1. The van der Waals surface area contributed by atoms with Crippen LogP contribution in [0.15, 0.2) is 48.5 Å². The van der Waals surface area contributed by atoms with Gasteiger partial charge in [0, 0.05) is 25.3 Å². The molecule has 4 rings (SSSR count). The molecular weight excluding hydrogens is 312 g/mol. The summed E-state index contributed by atoms with van der Waals surface area (Å²) in [5.74, 6) is 0.805. The molecule has 5 heteroatoms. The number of nitrogens with zero attached hydrogens (tertiary/aromatic N) is 3. The van der Waals surface area contributed by atoms with Crippen LogP contribution in [0, 0.1) is 6.92 Å². The van der Waals surface area contributed by atoms with Crippen LogP contribution in [-0.4, -0.2) is 41.2 Å². The molecule has 0 radical (unpaired) electrons. The van der Waals surface area contributed by atoms with Crippen LogP contribution < -0.4 is 5.32 Å². The second-order valence-corrected chi connectivity index (χ2v) is 6.36. The Hall–Kier alpha value is -2.50. The number of fused-ring (bicyclic) bond motifs is 1. The first-order valence-corrected chi connectivity index (χ1v) is 8.67. The van der Waals surface area contributed by atoms with E-state index in [1.54, 1.807) is 0 Å². The average molecular weight is 334 g/mol. The summed E-state index contributed by atoms with van der Waals surface area (Å²) >= 11 is 0. The topological polar surface area (TPSA) is 50.3 Å². The number of nitrogens with one attached hydrogen (secondary N) is 1. The van der Waals surface area contributed by atoms with Crippen LogP contribution in [-0.2, 0) is 11.3 Å². The number of ether oxygens (including phenoxy) is 1. The molecule has 0 amide bonds. The molecule has 0 saturated carbocycles. The molecule has 0 aliphatic carbocycles. The van der Waals surface area contributed by atoms with E-state index >= 15 is 0 Å². The first-order chi connectivity index (χ1) is 12.3. The Labute approximate surface area is 147 Å². The Morgan fingerprint density at radius 1 is 0.960 bits per heavy atom. The molecule has 1 fully saturated rings. The molecular formula is C20H22N4O. The van der Waals surface area contributed by atoms with Crippen molar-refractivity contribution in [3.63, 3.8) is 0 Å². The van der Waals surface area contributed by atoms with Gasteiger partial charge >= 0.3 is 0 Å². The standard InChI is InChI=1S/C20H22N4O/c1-15-20(23-19-5-3-2-4-18(19)21-15)22-17-8-6-16(7-9-17)14-24-10-12-25-13-11-24/h2-9H,10-14H2,1H3,(H,22,23). The maximum Gasteiger partial charge on any atom is 0.152 e. The van der Waals surface area contributed by atoms with E-state index in [0.717, 1.165) is 61.1 Å². The molecule has 1 aromatic heterocycles. The maximum atomic E-state index is 5.40. The Balaban J connectivity index is 1.48. The Kier molecular flexibility index (Phi) is 4.59. The van der Waals surface area contributed by atoms with Crippen LogP contribution in [0.2, 0.25) is 0 Å². The molecule has 0 atom stereocenters. The van der Waals surface area contributed by atoms with Crippen LogP contribution in [0.5, 0.6) is 0 Å². The molecule has 5 nitrogen and oxygen atoms in total. The van der Waals surface area contributed by atoms with Crippen molar-refractivity contribution in [3.05, 3.63) is 59.8 Å². The highest BCUT2D eigenvalue weighted by molar-refractivity contribution is 5.77. The van der Waals surface area contributed by atoms with Gasteiger partial charge < -0.3 is 10.1 Å². The van der Waals surface area contributed by atoms with Crippen LogP contribution in [0.4, 0.5) is 11.5 Å². The molecule has 3 aromatic rings. The zero-order chi connectivity index (χ0) is 17.1. The van der Waals surface area contributed by atoms with Gasteiger partial charge in [-0.05, 0) is 36.8 Å². The molecule has 1 aliphatic rings. The molecule has 1 aliphatic heterocycles. The highest BCUT2D eigenvalue weighted by Crippen LogP contribution is 2.21. The number of rotatable bonds is 4. The lowest BCUT2D eigenvalue weighted by molar-refractivity contribution is 0.0342. The minimum absolute atomic E-state index is 0.805. The number of aromatic nitrogens is 2. The van der Waals surface area contributed by atoms with Gasteiger partial charge in [0.1, 0.15) is 0 Å². The quantitative estimate of drug-likeness (QED) is 0.791. The number of morpholine rings is 1. The molecule has 0 bridgehead atoms. The molecule has 2 heterocycles. The minimum Gasteiger partial charge on any atom is -0.379 e. The van der Waals surface area contributed by atoms with Gasteiger partial charge in [0.15, 0.2) is 5.82 Å². The zero-order valence-corrected chi connectivity index (χ0v) is 14.4. The van der Waals surface area contributed by atoms with Gasteiger partial charge in [-0.3, -0.25) is 4.90 Å². The van der Waals surface area contributed by atoms with E-state index < -0.39 is 0 Å². The predicted octanol–water partition coefficient (Wildman–Crippen LogP) is 3.51. The van der Waals surface area contributed by atoms with E-state index in [4.69, 9.17) is 9.72 Å². The number of hydrogen-bond acceptors (Lipinski definition) is 5. The molecule has 1 N–H and O–H groups in total. The first kappa shape index (κ1) is 16.0. The summed E-state index contributed by atoms with van der Waals surface area (Å²) in [6, 6.07) is 16.5. The number of aryl methyl sites for hydroxylation is 1. The summed E-state index contributed by atoms with van der Waals surface area (Å²) in [5.41, 5.74) is 5.06. The van der Waals surface area contributed by atoms with Crippen molar-refractivity contribution in [1.29, 1.82) is 0 Å². The van der Waals surface area contributed by atoms with Crippen LogP contribution in [0.1, 0.15) is 11.3 Å². The number of anilines is 2. The summed E-state index contributed by atoms with van der Waals surface area (Å²) in [6.07, 6.45) is 0. The Morgan fingerprint density at radius 3 is 2.36 bits per heavy atom. The summed E-state index contributed by atoms with van der Waals surface area (Å²) in [5, 5.41) is 3.39. The highest BCUT2D eigenvalue weighted by Gasteiger charge is 2.11. The summed E-state index contributed by atoms with van der Waals surface area (Å²) in [4.78, 5) is 11.7. The van der Waals surface area contributed by atoms with E-state index in [1.165, 1.54) is 5.56 Å². The van der Waals surface area contributed by atoms with Gasteiger partial charge in [-0.15, -0.1) is 0 Å². The summed E-state index contributed by atoms with van der Waals surface area (Å²) in [7, 11) is 0. The van der Waals surface area contributed by atoms with Gasteiger partial charge in [-0.25, -0.2) is 9.97 Å². The predicted molar refractivity (Wildman–Crippen MR) is 100 cm³/mol. The second-order valence-electron chi connectivity index (χ2n) is 6.36. The fraction of sp³-hybridized carbons (Fsp3) is 0.300. The van der Waals surface area contributed by atoms with E-state index in [9.17, 15) is 0 Å². The average Bonchev–Trinajstić information content (AvgIpc) is 2.65. The number of para-hydroxylation sites is 2. The maximum absolute atomic E-state index is 5.40. The van der Waals surface area contributed by atoms with E-state index in [1.807, 2.05) is 31.2 Å². The van der Waals surface area contributed by atoms with Gasteiger partial charge in [-0.2, -0.15) is 0 Å². The van der Waals surface area contributed by atoms with Gasteiger partial charge in [0.25, 0.3) is 0 Å². The van der Waals surface area contributed by atoms with Crippen molar-refractivity contribution in [3.8, 4) is 0 Å². The molecule has 0 unspecified atom stereocenters. The third-order valence-electron chi connectivity index (χ3n) is 4.47. The molecule has 2 aromatic carbocycles. The molecule has 25 heavy (non-hydrogen) atoms. The third-order valence-corrected chi connectivity index (χ3v) is 4.47. The van der Waals surface area contributed by atoms with Crippen molar-refractivity contribution in [2.45, 2.75) is 13.5 Å². The van der Waals surface area contributed by atoms with Crippen molar-refractivity contribution >= 4 is 22.5 Å². The Bertz CT molecular complexity index is 857. The summed E-state index contributed by atoms with van der Waals surface area (Å²) < 4.78 is 5.40. The minimum atomic E-state index is 0.805. The van der Waals surface area contributed by atoms with E-state index in [-0.39, 0.29) is 0 Å². The van der Waals surface area contributed by atoms with Crippen molar-refractivity contribution < 1.29 is 4.74 Å². The molecule has 1 saturated heterocycles. The van der Waals surface area contributed by atoms with Crippen LogP contribution in [0.25, 0.3) is 11.0 Å². The lowest BCUT2D eigenvalue weighted by Crippen LogP contribution is -2.35. The van der Waals surface area contributed by atoms with Gasteiger partial charge in [0.2, 0.25) is 0 Å². The van der Waals surface area contributed by atoms with Crippen molar-refractivity contribution in [2.75, 3.05) is 31.6 Å². The monoisotopic (exact) mass is 334 g/mol. The fourth-order valence-electron chi connectivity index (χ4n) is 3.05. The zero-order valence-electron chi connectivity index (χ0n) is 14.4. The highest BCUT2D eigenvalue weighted by atomic mass is 16.5. The van der Waals surface area contributed by atoms with Crippen LogP contribution >= 0.6 is 0 Å². The van der Waals surface area contributed by atoms with Gasteiger partial charge in [-0.1, -0.05) is 24.3 Å². The first-order valence-electron chi connectivity index (χ1n) is 8.67.